The van der Waals surface area contributed by atoms with Gasteiger partial charge < -0.3 is 21.1 Å². The number of carboxylic acids is 1. The van der Waals surface area contributed by atoms with Crippen LogP contribution in [0.3, 0.4) is 0 Å². The van der Waals surface area contributed by atoms with Gasteiger partial charge in [-0.1, -0.05) is 0 Å². The molecule has 1 aliphatic rings. The number of benzene rings is 1. The number of nitrogens with zero attached hydrogens (tertiary/aromatic N) is 1. The molecule has 2 rings (SSSR count). The van der Waals surface area contributed by atoms with Crippen LogP contribution < -0.4 is 11.1 Å². The summed E-state index contributed by atoms with van der Waals surface area (Å²) in [5, 5.41) is 12.3. The molecule has 0 aromatic heterocycles. The average Bonchev–Trinajstić information content (AvgIpc) is 2.31. The van der Waals surface area contributed by atoms with Crippen molar-refractivity contribution >= 4 is 17.3 Å². The first-order valence-corrected chi connectivity index (χ1v) is 6.60. The SMILES string of the molecule is CN(C)C1(CNc2ccc(F)c(N)c2C(=O)O)CCC1. The van der Waals surface area contributed by atoms with Gasteiger partial charge in [0.1, 0.15) is 11.4 Å². The molecule has 0 aliphatic heterocycles. The molecule has 0 spiro atoms. The topological polar surface area (TPSA) is 78.6 Å². The second kappa shape index (κ2) is 5.28. The molecule has 0 amide bonds. The van der Waals surface area contributed by atoms with E-state index in [-0.39, 0.29) is 16.8 Å². The lowest BCUT2D eigenvalue weighted by Gasteiger charge is -2.47. The number of hydrogen-bond acceptors (Lipinski definition) is 4. The first-order valence-electron chi connectivity index (χ1n) is 6.60. The number of anilines is 2. The number of nitrogens with one attached hydrogen (secondary N) is 1. The summed E-state index contributed by atoms with van der Waals surface area (Å²) in [6, 6.07) is 2.62. The first kappa shape index (κ1) is 14.6. The summed E-state index contributed by atoms with van der Waals surface area (Å²) in [4.78, 5) is 13.4. The summed E-state index contributed by atoms with van der Waals surface area (Å²) in [5.74, 6) is -1.93. The van der Waals surface area contributed by atoms with E-state index in [0.29, 0.717) is 12.2 Å². The Balaban J connectivity index is 2.22. The molecular weight excluding hydrogens is 261 g/mol. The second-order valence-electron chi connectivity index (χ2n) is 5.51. The van der Waals surface area contributed by atoms with Crippen LogP contribution in [0.5, 0.6) is 0 Å². The molecule has 0 saturated heterocycles. The highest BCUT2D eigenvalue weighted by Gasteiger charge is 2.39. The highest BCUT2D eigenvalue weighted by atomic mass is 19.1. The fourth-order valence-electron chi connectivity index (χ4n) is 2.60. The van der Waals surface area contributed by atoms with E-state index in [9.17, 15) is 14.3 Å². The maximum Gasteiger partial charge on any atom is 0.340 e. The van der Waals surface area contributed by atoms with Crippen LogP contribution in [0.2, 0.25) is 0 Å². The van der Waals surface area contributed by atoms with Crippen LogP contribution in [0.25, 0.3) is 0 Å². The molecule has 1 fully saturated rings. The van der Waals surface area contributed by atoms with Crippen molar-refractivity contribution in [2.45, 2.75) is 24.8 Å². The van der Waals surface area contributed by atoms with Crippen LogP contribution in [0.1, 0.15) is 29.6 Å². The van der Waals surface area contributed by atoms with Crippen molar-refractivity contribution in [1.82, 2.24) is 4.90 Å². The number of rotatable bonds is 5. The molecule has 1 aromatic rings. The van der Waals surface area contributed by atoms with E-state index < -0.39 is 11.8 Å². The van der Waals surface area contributed by atoms with Gasteiger partial charge >= 0.3 is 5.97 Å². The van der Waals surface area contributed by atoms with E-state index in [1.54, 1.807) is 0 Å². The van der Waals surface area contributed by atoms with Gasteiger partial charge in [-0.05, 0) is 45.5 Å². The number of aromatic carboxylic acids is 1. The summed E-state index contributed by atoms with van der Waals surface area (Å²) in [7, 11) is 4.02. The average molecular weight is 281 g/mol. The third kappa shape index (κ3) is 2.43. The van der Waals surface area contributed by atoms with Crippen LogP contribution in [-0.4, -0.2) is 42.2 Å². The molecule has 1 saturated carbocycles. The van der Waals surface area contributed by atoms with Crippen molar-refractivity contribution < 1.29 is 14.3 Å². The van der Waals surface area contributed by atoms with Gasteiger partial charge in [-0.15, -0.1) is 0 Å². The zero-order valence-electron chi connectivity index (χ0n) is 11.7. The number of hydrogen-bond donors (Lipinski definition) is 3. The summed E-state index contributed by atoms with van der Waals surface area (Å²) in [5.41, 5.74) is 5.41. The van der Waals surface area contributed by atoms with Crippen molar-refractivity contribution in [3.8, 4) is 0 Å². The van der Waals surface area contributed by atoms with E-state index in [1.807, 2.05) is 14.1 Å². The molecule has 1 aliphatic carbocycles. The predicted molar refractivity (Wildman–Crippen MR) is 76.5 cm³/mol. The number of likely N-dealkylation sites (N-methyl/N-ethyl adjacent to an activating group) is 1. The van der Waals surface area contributed by atoms with E-state index in [0.717, 1.165) is 19.3 Å². The van der Waals surface area contributed by atoms with E-state index >= 15 is 0 Å². The van der Waals surface area contributed by atoms with Gasteiger partial charge in [0.25, 0.3) is 0 Å². The summed E-state index contributed by atoms with van der Waals surface area (Å²) < 4.78 is 13.4. The Morgan fingerprint density at radius 2 is 2.15 bits per heavy atom. The van der Waals surface area contributed by atoms with Crippen LogP contribution in [0.15, 0.2) is 12.1 Å². The lowest BCUT2D eigenvalue weighted by atomic mass is 9.75. The van der Waals surface area contributed by atoms with Crippen molar-refractivity contribution in [3.05, 3.63) is 23.5 Å². The fraction of sp³-hybridized carbons (Fsp3) is 0.500. The van der Waals surface area contributed by atoms with Gasteiger partial charge in [-0.25, -0.2) is 9.18 Å². The number of carboxylic acid groups (broad SMARTS) is 1. The van der Waals surface area contributed by atoms with Crippen molar-refractivity contribution in [3.63, 3.8) is 0 Å². The van der Waals surface area contributed by atoms with E-state index in [4.69, 9.17) is 5.73 Å². The molecule has 4 N–H and O–H groups in total. The highest BCUT2D eigenvalue weighted by molar-refractivity contribution is 6.00. The van der Waals surface area contributed by atoms with Crippen molar-refractivity contribution in [1.29, 1.82) is 0 Å². The van der Waals surface area contributed by atoms with Gasteiger partial charge in [0, 0.05) is 12.1 Å². The minimum absolute atomic E-state index is 0.0406. The third-order valence-electron chi connectivity index (χ3n) is 4.25. The minimum Gasteiger partial charge on any atom is -0.478 e. The molecular formula is C14H20FN3O2. The van der Waals surface area contributed by atoms with Gasteiger partial charge in [-0.3, -0.25) is 0 Å². The van der Waals surface area contributed by atoms with Crippen molar-refractivity contribution in [2.24, 2.45) is 0 Å². The molecule has 0 radical (unpaired) electrons. The Morgan fingerprint density at radius 1 is 1.50 bits per heavy atom. The van der Waals surface area contributed by atoms with Gasteiger partial charge in [0.05, 0.1) is 11.4 Å². The van der Waals surface area contributed by atoms with Crippen LogP contribution in [-0.2, 0) is 0 Å². The zero-order chi connectivity index (χ0) is 14.9. The number of carbonyl (C=O) groups is 1. The van der Waals surface area contributed by atoms with Gasteiger partial charge in [0.2, 0.25) is 0 Å². The summed E-state index contributed by atoms with van der Waals surface area (Å²) in [6.45, 7) is 0.616. The first-order chi connectivity index (χ1) is 9.37. The molecule has 6 heteroatoms. The molecule has 0 bridgehead atoms. The number of nitrogen functional groups attached to an aromatic ring is 1. The smallest absolute Gasteiger partial charge is 0.340 e. The minimum atomic E-state index is -1.22. The highest BCUT2D eigenvalue weighted by Crippen LogP contribution is 2.36. The monoisotopic (exact) mass is 281 g/mol. The molecule has 0 atom stereocenters. The second-order valence-corrected chi connectivity index (χ2v) is 5.51. The Hall–Kier alpha value is -1.82. The van der Waals surface area contributed by atoms with Gasteiger partial charge in [-0.2, -0.15) is 0 Å². The van der Waals surface area contributed by atoms with Crippen molar-refractivity contribution in [2.75, 3.05) is 31.7 Å². The fourth-order valence-corrected chi connectivity index (χ4v) is 2.60. The van der Waals surface area contributed by atoms with E-state index in [2.05, 4.69) is 10.2 Å². The third-order valence-corrected chi connectivity index (χ3v) is 4.25. The quantitative estimate of drug-likeness (QED) is 0.719. The van der Waals surface area contributed by atoms with Crippen LogP contribution >= 0.6 is 0 Å². The lowest BCUT2D eigenvalue weighted by molar-refractivity contribution is 0.0694. The molecule has 110 valence electrons. The molecule has 0 heterocycles. The Morgan fingerprint density at radius 3 is 2.60 bits per heavy atom. The van der Waals surface area contributed by atoms with Gasteiger partial charge in [0.15, 0.2) is 0 Å². The summed E-state index contributed by atoms with van der Waals surface area (Å²) >= 11 is 0. The van der Waals surface area contributed by atoms with E-state index in [1.165, 1.54) is 12.1 Å². The zero-order valence-corrected chi connectivity index (χ0v) is 11.7. The molecule has 0 unspecified atom stereocenters. The van der Waals surface area contributed by atoms with Crippen LogP contribution in [0.4, 0.5) is 15.8 Å². The lowest BCUT2D eigenvalue weighted by Crippen LogP contribution is -2.54. The number of nitrogens with two attached hydrogens (primary N) is 1. The molecule has 1 aromatic carbocycles. The number of halogens is 1. The molecule has 20 heavy (non-hydrogen) atoms. The summed E-state index contributed by atoms with van der Waals surface area (Å²) in [6.07, 6.45) is 3.29. The standard InChI is InChI=1S/C14H20FN3O2/c1-18(2)14(6-3-7-14)8-17-10-5-4-9(15)12(16)11(10)13(19)20/h4-5,17H,3,6-8,16H2,1-2H3,(H,19,20). The Kier molecular flexibility index (Phi) is 3.85. The Labute approximate surface area is 117 Å². The maximum absolute atomic E-state index is 13.4. The normalized spacial score (nSPS) is 16.8. The Bertz CT molecular complexity index is 527. The largest absolute Gasteiger partial charge is 0.478 e. The predicted octanol–water partition coefficient (Wildman–Crippen LogP) is 2.00. The maximum atomic E-state index is 13.4. The molecule has 5 nitrogen and oxygen atoms in total. The van der Waals surface area contributed by atoms with Crippen LogP contribution in [0, 0.1) is 5.82 Å².